The Morgan fingerprint density at radius 2 is 2.00 bits per heavy atom. The number of rotatable bonds is 4. The molecule has 12 heavy (non-hydrogen) atoms. The Balaban J connectivity index is 2.25. The van der Waals surface area contributed by atoms with Crippen molar-refractivity contribution in [3.63, 3.8) is 0 Å². The molecular weight excluding hydrogens is 214 g/mol. The van der Waals surface area contributed by atoms with Gasteiger partial charge >= 0.3 is 0 Å². The van der Waals surface area contributed by atoms with E-state index in [2.05, 4.69) is 52.4 Å². The maximum atomic E-state index is 3.44. The Labute approximate surface area is 82.3 Å². The van der Waals surface area contributed by atoms with E-state index in [-0.39, 0.29) is 0 Å². The van der Waals surface area contributed by atoms with Crippen LogP contribution in [0.5, 0.6) is 0 Å². The normalized spacial score (nSPS) is 12.8. The van der Waals surface area contributed by atoms with E-state index < -0.39 is 0 Å². The maximum absolute atomic E-state index is 3.44. The molecule has 2 heteroatoms. The summed E-state index contributed by atoms with van der Waals surface area (Å²) in [5.74, 6) is 0. The second kappa shape index (κ2) is 5.33. The first-order valence-electron chi connectivity index (χ1n) is 4.20. The molecule has 0 aliphatic rings. The molecule has 0 aromatic heterocycles. The van der Waals surface area contributed by atoms with Gasteiger partial charge in [0.1, 0.15) is 0 Å². The summed E-state index contributed by atoms with van der Waals surface area (Å²) in [6.45, 7) is 3.11. The van der Waals surface area contributed by atoms with Crippen LogP contribution >= 0.6 is 15.9 Å². The van der Waals surface area contributed by atoms with Crippen molar-refractivity contribution in [2.75, 3.05) is 6.54 Å². The molecule has 66 valence electrons. The first kappa shape index (κ1) is 9.75. The molecule has 0 saturated heterocycles. The molecule has 1 unspecified atom stereocenters. The Bertz CT molecular complexity index is 208. The van der Waals surface area contributed by atoms with Gasteiger partial charge in [0, 0.05) is 6.54 Å². The fourth-order valence-electron chi connectivity index (χ4n) is 1.06. The van der Waals surface area contributed by atoms with Gasteiger partial charge in [0.15, 0.2) is 0 Å². The molecule has 0 heterocycles. The van der Waals surface area contributed by atoms with E-state index in [1.165, 1.54) is 5.56 Å². The second-order valence-corrected chi connectivity index (χ2v) is 4.18. The monoisotopic (exact) mass is 227 g/mol. The SMILES string of the molecule is CC(Br)NCCc1ccccc1. The summed E-state index contributed by atoms with van der Waals surface area (Å²) in [6, 6.07) is 10.5. The zero-order valence-electron chi connectivity index (χ0n) is 7.26. The standard InChI is InChI=1S/C10H14BrN/c1-9(11)12-8-7-10-5-3-2-4-6-10/h2-6,9,12H,7-8H2,1H3. The minimum Gasteiger partial charge on any atom is -0.305 e. The van der Waals surface area contributed by atoms with Gasteiger partial charge in [0.05, 0.1) is 4.95 Å². The van der Waals surface area contributed by atoms with Gasteiger partial charge in [-0.25, -0.2) is 0 Å². The highest BCUT2D eigenvalue weighted by Gasteiger charge is 1.93. The third-order valence-electron chi connectivity index (χ3n) is 1.68. The minimum absolute atomic E-state index is 0.404. The molecule has 1 atom stereocenters. The average molecular weight is 228 g/mol. The van der Waals surface area contributed by atoms with Crippen LogP contribution in [0, 0.1) is 0 Å². The molecular formula is C10H14BrN. The fraction of sp³-hybridized carbons (Fsp3) is 0.400. The van der Waals surface area contributed by atoms with Crippen LogP contribution in [0.15, 0.2) is 30.3 Å². The van der Waals surface area contributed by atoms with Crippen LogP contribution in [0.2, 0.25) is 0 Å². The van der Waals surface area contributed by atoms with E-state index in [0.29, 0.717) is 4.95 Å². The highest BCUT2D eigenvalue weighted by atomic mass is 79.9. The van der Waals surface area contributed by atoms with Crippen molar-refractivity contribution in [1.29, 1.82) is 0 Å². The summed E-state index contributed by atoms with van der Waals surface area (Å²) in [5, 5.41) is 3.31. The highest BCUT2D eigenvalue weighted by Crippen LogP contribution is 1.99. The molecule has 0 saturated carbocycles. The number of hydrogen-bond acceptors (Lipinski definition) is 1. The van der Waals surface area contributed by atoms with Crippen molar-refractivity contribution >= 4 is 15.9 Å². The Hall–Kier alpha value is -0.340. The average Bonchev–Trinajstić information content (AvgIpc) is 2.05. The van der Waals surface area contributed by atoms with Crippen molar-refractivity contribution in [3.8, 4) is 0 Å². The topological polar surface area (TPSA) is 12.0 Å². The van der Waals surface area contributed by atoms with E-state index in [9.17, 15) is 0 Å². The van der Waals surface area contributed by atoms with Gasteiger partial charge in [-0.3, -0.25) is 0 Å². The molecule has 0 aliphatic heterocycles. The summed E-state index contributed by atoms with van der Waals surface area (Å²) in [7, 11) is 0. The fourth-order valence-corrected chi connectivity index (χ4v) is 1.29. The van der Waals surface area contributed by atoms with Crippen LogP contribution in [0.3, 0.4) is 0 Å². The lowest BCUT2D eigenvalue weighted by molar-refractivity contribution is 0.690. The number of alkyl halides is 1. The van der Waals surface area contributed by atoms with Crippen LogP contribution < -0.4 is 5.32 Å². The molecule has 0 aliphatic carbocycles. The van der Waals surface area contributed by atoms with Crippen molar-refractivity contribution in [2.24, 2.45) is 0 Å². The lowest BCUT2D eigenvalue weighted by atomic mass is 10.1. The summed E-state index contributed by atoms with van der Waals surface area (Å²) in [6.07, 6.45) is 1.09. The zero-order valence-corrected chi connectivity index (χ0v) is 8.84. The number of halogens is 1. The van der Waals surface area contributed by atoms with Crippen LogP contribution in [-0.4, -0.2) is 11.5 Å². The van der Waals surface area contributed by atoms with Gasteiger partial charge in [-0.1, -0.05) is 46.3 Å². The molecule has 1 aromatic rings. The van der Waals surface area contributed by atoms with Crippen molar-refractivity contribution < 1.29 is 0 Å². The predicted octanol–water partition coefficient (Wildman–Crippen LogP) is 2.56. The van der Waals surface area contributed by atoms with Crippen LogP contribution in [-0.2, 0) is 6.42 Å². The Morgan fingerprint density at radius 3 is 2.58 bits per heavy atom. The summed E-state index contributed by atoms with van der Waals surface area (Å²) < 4.78 is 0. The lowest BCUT2D eigenvalue weighted by Gasteiger charge is -2.05. The third kappa shape index (κ3) is 3.88. The molecule has 0 amide bonds. The van der Waals surface area contributed by atoms with Crippen LogP contribution in [0.4, 0.5) is 0 Å². The summed E-state index contributed by atoms with van der Waals surface area (Å²) in [4.78, 5) is 0.404. The van der Waals surface area contributed by atoms with Gasteiger partial charge in [-0.15, -0.1) is 0 Å². The summed E-state index contributed by atoms with van der Waals surface area (Å²) >= 11 is 3.44. The number of benzene rings is 1. The first-order valence-corrected chi connectivity index (χ1v) is 5.12. The van der Waals surface area contributed by atoms with Gasteiger partial charge in [-0.05, 0) is 18.9 Å². The molecule has 1 aromatic carbocycles. The summed E-state index contributed by atoms with van der Waals surface area (Å²) in [5.41, 5.74) is 1.39. The smallest absolute Gasteiger partial charge is 0.0602 e. The largest absolute Gasteiger partial charge is 0.305 e. The van der Waals surface area contributed by atoms with Crippen LogP contribution in [0.1, 0.15) is 12.5 Å². The maximum Gasteiger partial charge on any atom is 0.0602 e. The molecule has 0 spiro atoms. The van der Waals surface area contributed by atoms with Gasteiger partial charge in [0.25, 0.3) is 0 Å². The molecule has 1 N–H and O–H groups in total. The van der Waals surface area contributed by atoms with E-state index in [1.807, 2.05) is 6.07 Å². The Morgan fingerprint density at radius 1 is 1.33 bits per heavy atom. The number of nitrogens with one attached hydrogen (secondary N) is 1. The molecule has 1 nitrogen and oxygen atoms in total. The van der Waals surface area contributed by atoms with Crippen molar-refractivity contribution in [3.05, 3.63) is 35.9 Å². The number of hydrogen-bond donors (Lipinski definition) is 1. The predicted molar refractivity (Wildman–Crippen MR) is 56.5 cm³/mol. The molecule has 0 fully saturated rings. The van der Waals surface area contributed by atoms with Crippen LogP contribution in [0.25, 0.3) is 0 Å². The van der Waals surface area contributed by atoms with Crippen molar-refractivity contribution in [2.45, 2.75) is 18.3 Å². The first-order chi connectivity index (χ1) is 5.79. The quantitative estimate of drug-likeness (QED) is 0.616. The third-order valence-corrected chi connectivity index (χ3v) is 2.01. The minimum atomic E-state index is 0.404. The van der Waals surface area contributed by atoms with E-state index in [1.54, 1.807) is 0 Å². The van der Waals surface area contributed by atoms with E-state index in [4.69, 9.17) is 0 Å². The van der Waals surface area contributed by atoms with E-state index in [0.717, 1.165) is 13.0 Å². The van der Waals surface area contributed by atoms with Crippen molar-refractivity contribution in [1.82, 2.24) is 5.32 Å². The molecule has 1 rings (SSSR count). The Kier molecular flexibility index (Phi) is 4.33. The van der Waals surface area contributed by atoms with Gasteiger partial charge < -0.3 is 5.32 Å². The van der Waals surface area contributed by atoms with Gasteiger partial charge in [0.2, 0.25) is 0 Å². The van der Waals surface area contributed by atoms with E-state index >= 15 is 0 Å². The molecule has 0 bridgehead atoms. The molecule has 0 radical (unpaired) electrons. The second-order valence-electron chi connectivity index (χ2n) is 2.81. The zero-order chi connectivity index (χ0) is 8.81. The lowest BCUT2D eigenvalue weighted by Crippen LogP contribution is -2.22. The van der Waals surface area contributed by atoms with Gasteiger partial charge in [-0.2, -0.15) is 0 Å². The highest BCUT2D eigenvalue weighted by molar-refractivity contribution is 9.09.